The van der Waals surface area contributed by atoms with E-state index in [1.165, 1.54) is 0 Å². The first-order valence-corrected chi connectivity index (χ1v) is 6.26. The Bertz CT molecular complexity index is 540. The van der Waals surface area contributed by atoms with Crippen LogP contribution in [0.5, 0.6) is 5.75 Å². The van der Waals surface area contributed by atoms with Crippen LogP contribution in [-0.4, -0.2) is 4.98 Å². The van der Waals surface area contributed by atoms with E-state index in [0.717, 1.165) is 11.3 Å². The molecule has 0 spiro atoms. The number of halogens is 3. The molecule has 19 heavy (non-hydrogen) atoms. The zero-order chi connectivity index (χ0) is 13.9. The monoisotopic (exact) mass is 288 g/mol. The van der Waals surface area contributed by atoms with Crippen molar-refractivity contribution in [3.05, 3.63) is 45.9 Å². The second kappa shape index (κ2) is 5.58. The van der Waals surface area contributed by atoms with Gasteiger partial charge in [0.2, 0.25) is 0 Å². The van der Waals surface area contributed by atoms with Crippen molar-refractivity contribution < 1.29 is 17.9 Å². The van der Waals surface area contributed by atoms with Crippen molar-refractivity contribution in [2.24, 2.45) is 5.73 Å². The zero-order valence-electron chi connectivity index (χ0n) is 9.78. The van der Waals surface area contributed by atoms with Gasteiger partial charge in [0.1, 0.15) is 17.4 Å². The molecule has 0 saturated carbocycles. The standard InChI is InChI=1S/C12H11F3N2OS/c13-12(14,15)11-9(6-16)19-10(17-11)7-18-8-4-2-1-3-5-8/h1-5H,6-7,16H2. The quantitative estimate of drug-likeness (QED) is 0.940. The van der Waals surface area contributed by atoms with Gasteiger partial charge in [-0.25, -0.2) is 4.98 Å². The number of thiazole rings is 1. The highest BCUT2D eigenvalue weighted by Crippen LogP contribution is 2.34. The fourth-order valence-electron chi connectivity index (χ4n) is 1.48. The van der Waals surface area contributed by atoms with E-state index in [4.69, 9.17) is 10.5 Å². The molecule has 0 aliphatic heterocycles. The Labute approximate surface area is 111 Å². The van der Waals surface area contributed by atoms with Gasteiger partial charge in [0.15, 0.2) is 5.69 Å². The number of alkyl halides is 3. The number of nitrogens with zero attached hydrogens (tertiary/aromatic N) is 1. The van der Waals surface area contributed by atoms with Gasteiger partial charge >= 0.3 is 6.18 Å². The van der Waals surface area contributed by atoms with Gasteiger partial charge in [-0.3, -0.25) is 0 Å². The van der Waals surface area contributed by atoms with Crippen LogP contribution in [0.3, 0.4) is 0 Å². The average Bonchev–Trinajstić information content (AvgIpc) is 2.81. The highest BCUT2D eigenvalue weighted by atomic mass is 32.1. The molecule has 0 radical (unpaired) electrons. The summed E-state index contributed by atoms with van der Waals surface area (Å²) in [7, 11) is 0. The van der Waals surface area contributed by atoms with Crippen molar-refractivity contribution >= 4 is 11.3 Å². The number of aromatic nitrogens is 1. The number of rotatable bonds is 4. The van der Waals surface area contributed by atoms with E-state index in [-0.39, 0.29) is 23.0 Å². The largest absolute Gasteiger partial charge is 0.486 e. The van der Waals surface area contributed by atoms with E-state index in [1.54, 1.807) is 24.3 Å². The molecular formula is C12H11F3N2OS. The molecule has 0 aliphatic rings. The first kappa shape index (κ1) is 13.8. The normalized spacial score (nSPS) is 11.6. The lowest BCUT2D eigenvalue weighted by Gasteiger charge is -2.04. The number of hydrogen-bond acceptors (Lipinski definition) is 4. The summed E-state index contributed by atoms with van der Waals surface area (Å²) in [6, 6.07) is 8.84. The maximum absolute atomic E-state index is 12.7. The third-order valence-corrected chi connectivity index (χ3v) is 3.35. The lowest BCUT2D eigenvalue weighted by Crippen LogP contribution is -2.10. The molecule has 1 heterocycles. The smallest absolute Gasteiger partial charge is 0.434 e. The average molecular weight is 288 g/mol. The molecule has 0 saturated heterocycles. The van der Waals surface area contributed by atoms with E-state index >= 15 is 0 Å². The third kappa shape index (κ3) is 3.45. The van der Waals surface area contributed by atoms with Crippen LogP contribution < -0.4 is 10.5 Å². The van der Waals surface area contributed by atoms with Crippen LogP contribution in [0.25, 0.3) is 0 Å². The maximum Gasteiger partial charge on any atom is 0.434 e. The van der Waals surface area contributed by atoms with Gasteiger partial charge in [-0.2, -0.15) is 13.2 Å². The topological polar surface area (TPSA) is 48.1 Å². The van der Waals surface area contributed by atoms with Crippen molar-refractivity contribution in [2.75, 3.05) is 0 Å². The zero-order valence-corrected chi connectivity index (χ0v) is 10.6. The molecule has 0 unspecified atom stereocenters. The molecule has 7 heteroatoms. The molecule has 0 atom stereocenters. The molecule has 0 aliphatic carbocycles. The lowest BCUT2D eigenvalue weighted by atomic mass is 10.3. The van der Waals surface area contributed by atoms with Gasteiger partial charge in [-0.05, 0) is 12.1 Å². The lowest BCUT2D eigenvalue weighted by molar-refractivity contribution is -0.141. The van der Waals surface area contributed by atoms with Crippen LogP contribution in [0.1, 0.15) is 15.6 Å². The van der Waals surface area contributed by atoms with Gasteiger partial charge in [0.05, 0.1) is 4.88 Å². The minimum atomic E-state index is -4.48. The van der Waals surface area contributed by atoms with Crippen LogP contribution in [0.4, 0.5) is 13.2 Å². The summed E-state index contributed by atoms with van der Waals surface area (Å²) in [4.78, 5) is 3.58. The number of hydrogen-bond donors (Lipinski definition) is 1. The molecule has 3 nitrogen and oxygen atoms in total. The molecule has 0 fully saturated rings. The fourth-order valence-corrected chi connectivity index (χ4v) is 2.36. The summed E-state index contributed by atoms with van der Waals surface area (Å²) in [5, 5.41) is 0.261. The molecule has 0 bridgehead atoms. The van der Waals surface area contributed by atoms with Gasteiger partial charge in [0, 0.05) is 6.54 Å². The van der Waals surface area contributed by atoms with Gasteiger partial charge in [0.25, 0.3) is 0 Å². The molecule has 1 aromatic carbocycles. The number of para-hydroxylation sites is 1. The SMILES string of the molecule is NCc1sc(COc2ccccc2)nc1C(F)(F)F. The Balaban J connectivity index is 2.12. The highest BCUT2D eigenvalue weighted by Gasteiger charge is 2.37. The minimum absolute atomic E-state index is 0.00222. The molecule has 2 N–H and O–H groups in total. The van der Waals surface area contributed by atoms with Gasteiger partial charge < -0.3 is 10.5 Å². The number of ether oxygens (including phenoxy) is 1. The van der Waals surface area contributed by atoms with Crippen LogP contribution in [-0.2, 0) is 19.3 Å². The Hall–Kier alpha value is -1.60. The predicted octanol–water partition coefficient (Wildman–Crippen LogP) is 3.20. The predicted molar refractivity (Wildman–Crippen MR) is 65.8 cm³/mol. The Kier molecular flexibility index (Phi) is 4.06. The Morgan fingerprint density at radius 3 is 2.42 bits per heavy atom. The van der Waals surface area contributed by atoms with Crippen LogP contribution in [0.15, 0.2) is 30.3 Å². The van der Waals surface area contributed by atoms with Crippen molar-refractivity contribution in [1.29, 1.82) is 0 Å². The summed E-state index contributed by atoms with van der Waals surface area (Å²) in [5.74, 6) is 0.584. The molecule has 0 amide bonds. The molecule has 1 aromatic heterocycles. The fraction of sp³-hybridized carbons (Fsp3) is 0.250. The third-order valence-electron chi connectivity index (χ3n) is 2.30. The Morgan fingerprint density at radius 1 is 1.21 bits per heavy atom. The molecular weight excluding hydrogens is 277 g/mol. The summed E-state index contributed by atoms with van der Waals surface area (Å²) in [5.41, 5.74) is 4.39. The summed E-state index contributed by atoms with van der Waals surface area (Å²) in [6.07, 6.45) is -4.48. The van der Waals surface area contributed by atoms with E-state index in [1.807, 2.05) is 6.07 Å². The van der Waals surface area contributed by atoms with Crippen molar-refractivity contribution in [3.63, 3.8) is 0 Å². The summed E-state index contributed by atoms with van der Waals surface area (Å²) >= 11 is 0.925. The summed E-state index contributed by atoms with van der Waals surface area (Å²) < 4.78 is 43.3. The van der Waals surface area contributed by atoms with E-state index < -0.39 is 11.9 Å². The van der Waals surface area contributed by atoms with Gasteiger partial charge in [-0.1, -0.05) is 18.2 Å². The van der Waals surface area contributed by atoms with Crippen molar-refractivity contribution in [1.82, 2.24) is 4.98 Å². The van der Waals surface area contributed by atoms with E-state index in [0.29, 0.717) is 5.75 Å². The van der Waals surface area contributed by atoms with Crippen LogP contribution >= 0.6 is 11.3 Å². The Morgan fingerprint density at radius 2 is 1.89 bits per heavy atom. The maximum atomic E-state index is 12.7. The van der Waals surface area contributed by atoms with Crippen LogP contribution in [0, 0.1) is 0 Å². The number of benzene rings is 1. The number of nitrogens with two attached hydrogens (primary N) is 1. The van der Waals surface area contributed by atoms with Gasteiger partial charge in [-0.15, -0.1) is 11.3 Å². The molecule has 2 aromatic rings. The first-order chi connectivity index (χ1) is 9.00. The molecule has 2 rings (SSSR count). The van der Waals surface area contributed by atoms with E-state index in [2.05, 4.69) is 4.98 Å². The first-order valence-electron chi connectivity index (χ1n) is 5.44. The second-order valence-electron chi connectivity index (χ2n) is 3.68. The molecule has 102 valence electrons. The van der Waals surface area contributed by atoms with Crippen molar-refractivity contribution in [3.8, 4) is 5.75 Å². The van der Waals surface area contributed by atoms with E-state index in [9.17, 15) is 13.2 Å². The second-order valence-corrected chi connectivity index (χ2v) is 4.85. The highest BCUT2D eigenvalue weighted by molar-refractivity contribution is 7.11. The summed E-state index contributed by atoms with van der Waals surface area (Å²) in [6.45, 7) is -0.185. The minimum Gasteiger partial charge on any atom is -0.486 e. The van der Waals surface area contributed by atoms with Crippen molar-refractivity contribution in [2.45, 2.75) is 19.3 Å². The van der Waals surface area contributed by atoms with Crippen LogP contribution in [0.2, 0.25) is 0 Å².